The van der Waals surface area contributed by atoms with Crippen molar-refractivity contribution in [1.82, 2.24) is 5.32 Å². The lowest BCUT2D eigenvalue weighted by Gasteiger charge is -2.72. The first-order chi connectivity index (χ1) is 23.7. The number of nitrogens with one attached hydrogen (secondary N) is 1. The Morgan fingerprint density at radius 2 is 1.59 bits per heavy atom. The number of hydrogen-bond donors (Lipinski definition) is 2. The van der Waals surface area contributed by atoms with Crippen LogP contribution in [-0.4, -0.2) is 35.5 Å². The molecule has 4 saturated carbocycles. The third kappa shape index (κ3) is 6.15. The molecule has 2 N–H and O–H groups in total. The summed E-state index contributed by atoms with van der Waals surface area (Å²) in [5, 5.41) is 13.8. The molecule has 5 aliphatic rings. The Balaban J connectivity index is 1.24. The molecule has 2 unspecified atom stereocenters. The molecule has 0 aliphatic heterocycles. The van der Waals surface area contributed by atoms with Gasteiger partial charge in [-0.2, -0.15) is 0 Å². The maximum atomic E-state index is 14.5. The van der Waals surface area contributed by atoms with E-state index in [0.717, 1.165) is 68.4 Å². The smallest absolute Gasteiger partial charge is 0.309 e. The quantitative estimate of drug-likeness (QED) is 0.185. The normalized spacial score (nSPS) is 37.2. The average Bonchev–Trinajstić information content (AvgIpc) is 3.45. The summed E-state index contributed by atoms with van der Waals surface area (Å²) >= 11 is 6.11. The predicted molar refractivity (Wildman–Crippen MR) is 203 cm³/mol. The van der Waals surface area contributed by atoms with E-state index in [0.29, 0.717) is 42.5 Å². The molecule has 6 rings (SSSR count). The van der Waals surface area contributed by atoms with Crippen molar-refractivity contribution < 1.29 is 24.2 Å². The van der Waals surface area contributed by atoms with E-state index in [2.05, 4.69) is 53.8 Å². The number of ether oxygens (including phenoxy) is 1. The largest absolute Gasteiger partial charge is 0.481 e. The zero-order valence-electron chi connectivity index (χ0n) is 32.8. The zero-order chi connectivity index (χ0) is 37.4. The van der Waals surface area contributed by atoms with E-state index >= 15 is 0 Å². The summed E-state index contributed by atoms with van der Waals surface area (Å²) in [6, 6.07) is 7.87. The van der Waals surface area contributed by atoms with Gasteiger partial charge in [-0.1, -0.05) is 83.3 Å². The highest BCUT2D eigenvalue weighted by molar-refractivity contribution is 6.30. The van der Waals surface area contributed by atoms with Gasteiger partial charge < -0.3 is 15.2 Å². The fraction of sp³-hybridized carbons (Fsp3) is 0.750. The van der Waals surface area contributed by atoms with Gasteiger partial charge in [-0.05, 0) is 136 Å². The van der Waals surface area contributed by atoms with Gasteiger partial charge >= 0.3 is 11.9 Å². The van der Waals surface area contributed by atoms with Crippen LogP contribution >= 0.6 is 11.6 Å². The monoisotopic (exact) mass is 721 g/mol. The first-order valence-electron chi connectivity index (χ1n) is 19.9. The number of ketones is 1. The molecule has 282 valence electrons. The number of allylic oxidation sites excluding steroid dienone is 2. The molecule has 0 spiro atoms. The van der Waals surface area contributed by atoms with Crippen molar-refractivity contribution in [3.05, 3.63) is 46.0 Å². The Hall–Kier alpha value is -2.18. The highest BCUT2D eigenvalue weighted by Gasteiger charge is 2.70. The minimum absolute atomic E-state index is 0.111. The molecule has 1 aromatic rings. The molecule has 0 bridgehead atoms. The van der Waals surface area contributed by atoms with E-state index in [4.69, 9.17) is 16.3 Å². The van der Waals surface area contributed by atoms with E-state index in [1.807, 2.05) is 24.3 Å². The van der Waals surface area contributed by atoms with Crippen LogP contribution in [0.5, 0.6) is 0 Å². The molecule has 1 aromatic carbocycles. The molecule has 6 nitrogen and oxygen atoms in total. The fourth-order valence-electron chi connectivity index (χ4n) is 13.0. The van der Waals surface area contributed by atoms with Gasteiger partial charge in [0.2, 0.25) is 0 Å². The molecule has 0 heterocycles. The van der Waals surface area contributed by atoms with Crippen LogP contribution < -0.4 is 5.32 Å². The molecule has 4 fully saturated rings. The Morgan fingerprint density at radius 3 is 2.24 bits per heavy atom. The number of Topliss-reactive ketones (excluding diaryl/α,β-unsaturated/α-hetero) is 1. The maximum absolute atomic E-state index is 14.5. The number of hydrogen-bond acceptors (Lipinski definition) is 5. The van der Waals surface area contributed by atoms with E-state index in [1.165, 1.54) is 12.0 Å². The Morgan fingerprint density at radius 1 is 0.902 bits per heavy atom. The third-order valence-corrected chi connectivity index (χ3v) is 16.4. The summed E-state index contributed by atoms with van der Waals surface area (Å²) in [5.74, 6) is 0.844. The lowest BCUT2D eigenvalue weighted by atomic mass is 9.33. The number of aliphatic carboxylic acids is 1. The van der Waals surface area contributed by atoms with E-state index < -0.39 is 17.4 Å². The van der Waals surface area contributed by atoms with Crippen molar-refractivity contribution in [3.8, 4) is 0 Å². The summed E-state index contributed by atoms with van der Waals surface area (Å²) in [6.07, 6.45) is 10.1. The zero-order valence-corrected chi connectivity index (χ0v) is 33.6. The van der Waals surface area contributed by atoms with Crippen molar-refractivity contribution >= 4 is 29.3 Å². The van der Waals surface area contributed by atoms with Gasteiger partial charge in [0.05, 0.1) is 23.8 Å². The summed E-state index contributed by atoms with van der Waals surface area (Å²) in [7, 11) is 0. The average molecular weight is 722 g/mol. The molecular formula is C44H64ClNO5. The molecule has 7 heteroatoms. The van der Waals surface area contributed by atoms with Crippen LogP contribution in [-0.2, 0) is 25.7 Å². The molecule has 5 aliphatic carbocycles. The van der Waals surface area contributed by atoms with Crippen LogP contribution in [0.2, 0.25) is 5.02 Å². The fourth-order valence-corrected chi connectivity index (χ4v) is 13.1. The highest BCUT2D eigenvalue weighted by atomic mass is 35.5. The highest BCUT2D eigenvalue weighted by Crippen LogP contribution is 2.77. The predicted octanol–water partition coefficient (Wildman–Crippen LogP) is 10.2. The second-order valence-corrected chi connectivity index (χ2v) is 20.1. The topological polar surface area (TPSA) is 92.7 Å². The van der Waals surface area contributed by atoms with Crippen LogP contribution in [0.15, 0.2) is 35.4 Å². The van der Waals surface area contributed by atoms with Gasteiger partial charge in [0, 0.05) is 17.0 Å². The number of carbonyl (C=O) groups is 3. The minimum Gasteiger partial charge on any atom is -0.481 e. The SMILES string of the molecule is CC(C)C1=C2[C@H]3CCC4[C@@]5(C)CC[C@H](OC(=O)CC(C)(C)C(=O)O)C(C)(C)C5CC[C@@]4(C)[C@]3(C)CC[C@@]2(C(=O)CNCc2ccc(Cl)cc2)CC1. The Labute approximate surface area is 312 Å². The summed E-state index contributed by atoms with van der Waals surface area (Å²) in [4.78, 5) is 39.3. The summed E-state index contributed by atoms with van der Waals surface area (Å²) in [6.45, 7) is 21.3. The first kappa shape index (κ1) is 38.5. The van der Waals surface area contributed by atoms with Gasteiger partial charge in [0.15, 0.2) is 5.78 Å². The molecule has 8 atom stereocenters. The number of benzene rings is 1. The first-order valence-corrected chi connectivity index (χ1v) is 20.3. The number of carbonyl (C=O) groups excluding carboxylic acids is 2. The van der Waals surface area contributed by atoms with Gasteiger partial charge in [0.25, 0.3) is 0 Å². The van der Waals surface area contributed by atoms with E-state index in [-0.39, 0.29) is 39.6 Å². The molecule has 51 heavy (non-hydrogen) atoms. The number of rotatable bonds is 10. The molecule has 0 aromatic heterocycles. The minimum atomic E-state index is -1.15. The second-order valence-electron chi connectivity index (χ2n) is 19.6. The number of fused-ring (bicyclic) bond motifs is 7. The summed E-state index contributed by atoms with van der Waals surface area (Å²) < 4.78 is 6.18. The van der Waals surface area contributed by atoms with E-state index in [1.54, 1.807) is 19.4 Å². The Bertz CT molecular complexity index is 1580. The van der Waals surface area contributed by atoms with Gasteiger partial charge in [-0.25, -0.2) is 0 Å². The van der Waals surface area contributed by atoms with Crippen LogP contribution in [0.4, 0.5) is 0 Å². The van der Waals surface area contributed by atoms with Crippen molar-refractivity contribution in [2.45, 2.75) is 146 Å². The van der Waals surface area contributed by atoms with Crippen LogP contribution in [0, 0.1) is 56.2 Å². The van der Waals surface area contributed by atoms with Crippen molar-refractivity contribution in [3.63, 3.8) is 0 Å². The molecule has 0 saturated heterocycles. The second kappa shape index (κ2) is 13.3. The van der Waals surface area contributed by atoms with Crippen LogP contribution in [0.25, 0.3) is 0 Å². The Kier molecular flexibility index (Phi) is 10.0. The van der Waals surface area contributed by atoms with Crippen LogP contribution in [0.1, 0.15) is 139 Å². The molecule has 0 amide bonds. The van der Waals surface area contributed by atoms with Gasteiger partial charge in [0.1, 0.15) is 6.10 Å². The third-order valence-electron chi connectivity index (χ3n) is 16.1. The lowest BCUT2D eigenvalue weighted by Crippen LogP contribution is -2.66. The lowest BCUT2D eigenvalue weighted by molar-refractivity contribution is -0.233. The van der Waals surface area contributed by atoms with Crippen molar-refractivity contribution in [2.24, 2.45) is 56.2 Å². The van der Waals surface area contributed by atoms with Gasteiger partial charge in [-0.3, -0.25) is 14.4 Å². The van der Waals surface area contributed by atoms with Crippen molar-refractivity contribution in [2.75, 3.05) is 6.54 Å². The standard InChI is InChI=1S/C44H64ClNO5/c1-27(2)30-16-21-44(34(47)26-46-25-28-10-12-29(45)13-11-28)23-22-42(8)31(37(30)44)14-15-33-41(7)19-18-35(51-36(48)24-39(3,4)38(49)50)40(5,6)32(41)17-20-43(33,42)9/h10-13,27,31-33,35,46H,14-26H2,1-9H3,(H,49,50)/t31-,32?,33?,35+,41+,42-,43-,44-/m1/s1. The molecule has 0 radical (unpaired) electrons. The number of carboxylic acid groups (broad SMARTS) is 1. The molecular weight excluding hydrogens is 658 g/mol. The number of carboxylic acids is 1. The number of esters is 1. The summed E-state index contributed by atoms with van der Waals surface area (Å²) in [5.41, 5.74) is 2.91. The maximum Gasteiger partial charge on any atom is 0.309 e. The van der Waals surface area contributed by atoms with Crippen molar-refractivity contribution in [1.29, 1.82) is 0 Å². The number of halogens is 1. The van der Waals surface area contributed by atoms with Crippen LogP contribution in [0.3, 0.4) is 0 Å². The van der Waals surface area contributed by atoms with Gasteiger partial charge in [-0.15, -0.1) is 0 Å². The van der Waals surface area contributed by atoms with E-state index in [9.17, 15) is 19.5 Å².